The quantitative estimate of drug-likeness (QED) is 0.584. The summed E-state index contributed by atoms with van der Waals surface area (Å²) >= 11 is 0. The van der Waals surface area contributed by atoms with Crippen molar-refractivity contribution in [2.24, 2.45) is 0 Å². The summed E-state index contributed by atoms with van der Waals surface area (Å²) in [6, 6.07) is 17.1. The Morgan fingerprint density at radius 1 is 0.950 bits per heavy atom. The Bertz CT molecular complexity index is 660. The smallest absolute Gasteiger partial charge is 0.131 e. The van der Waals surface area contributed by atoms with Gasteiger partial charge in [0.2, 0.25) is 0 Å². The van der Waals surface area contributed by atoms with Crippen molar-refractivity contribution in [2.75, 3.05) is 6.61 Å². The zero-order chi connectivity index (χ0) is 13.9. The first kappa shape index (κ1) is 13.2. The van der Waals surface area contributed by atoms with Crippen LogP contribution >= 0.6 is 0 Å². The molecule has 1 atom stereocenters. The Labute approximate surface area is 120 Å². The van der Waals surface area contributed by atoms with E-state index in [4.69, 9.17) is 4.74 Å². The van der Waals surface area contributed by atoms with Gasteiger partial charge in [-0.15, -0.1) is 0 Å². The van der Waals surface area contributed by atoms with Gasteiger partial charge >= 0.3 is 0 Å². The summed E-state index contributed by atoms with van der Waals surface area (Å²) in [6.07, 6.45) is 2.34. The predicted octanol–water partition coefficient (Wildman–Crippen LogP) is 5.13. The van der Waals surface area contributed by atoms with Gasteiger partial charge in [0.15, 0.2) is 0 Å². The highest BCUT2D eigenvalue weighted by Gasteiger charge is 2.14. The molecule has 0 bridgehead atoms. The van der Waals surface area contributed by atoms with Crippen LogP contribution in [0.1, 0.15) is 32.9 Å². The molecule has 0 N–H and O–H groups in total. The van der Waals surface area contributed by atoms with E-state index in [0.29, 0.717) is 0 Å². The van der Waals surface area contributed by atoms with E-state index in [2.05, 4.69) is 66.9 Å². The molecule has 0 unspecified atom stereocenters. The molecule has 1 aromatic heterocycles. The summed E-state index contributed by atoms with van der Waals surface area (Å²) in [6.45, 7) is 5.14. The molecule has 3 aromatic rings. The molecule has 104 valence electrons. The molecule has 2 nitrogen and oxygen atoms in total. The molecular weight excluding hydrogens is 246 g/mol. The lowest BCUT2D eigenvalue weighted by Crippen LogP contribution is -2.09. The monoisotopic (exact) mass is 267 g/mol. The number of benzene rings is 2. The SMILES string of the molecule is CCCCO[C@@H](C)n1c2ccccc2c2ccccc21. The summed E-state index contributed by atoms with van der Waals surface area (Å²) in [5, 5.41) is 2.60. The predicted molar refractivity (Wildman–Crippen MR) is 85.0 cm³/mol. The largest absolute Gasteiger partial charge is 0.358 e. The van der Waals surface area contributed by atoms with Crippen molar-refractivity contribution in [3.63, 3.8) is 0 Å². The van der Waals surface area contributed by atoms with Crippen LogP contribution in [0.25, 0.3) is 21.8 Å². The highest BCUT2D eigenvalue weighted by molar-refractivity contribution is 6.08. The van der Waals surface area contributed by atoms with Crippen LogP contribution in [0.5, 0.6) is 0 Å². The van der Waals surface area contributed by atoms with Crippen LogP contribution in [0.15, 0.2) is 48.5 Å². The number of unbranched alkanes of at least 4 members (excludes halogenated alkanes) is 1. The maximum atomic E-state index is 6.01. The Kier molecular flexibility index (Phi) is 3.75. The Hall–Kier alpha value is -1.80. The minimum atomic E-state index is 0.0614. The fourth-order valence-electron chi connectivity index (χ4n) is 2.82. The molecule has 2 heteroatoms. The van der Waals surface area contributed by atoms with E-state index in [1.165, 1.54) is 28.2 Å². The van der Waals surface area contributed by atoms with E-state index in [0.717, 1.165) is 13.0 Å². The number of fused-ring (bicyclic) bond motifs is 3. The molecule has 20 heavy (non-hydrogen) atoms. The molecule has 0 aliphatic carbocycles. The standard InChI is InChI=1S/C18H21NO/c1-3-4-13-20-14(2)19-17-11-7-5-9-15(17)16-10-6-8-12-18(16)19/h5-12,14H,3-4,13H2,1-2H3/t14-/m0/s1. The van der Waals surface area contributed by atoms with Gasteiger partial charge in [-0.05, 0) is 25.5 Å². The molecule has 0 saturated carbocycles. The molecule has 0 aliphatic heterocycles. The molecule has 0 fully saturated rings. The third-order valence-corrected chi connectivity index (χ3v) is 3.84. The molecule has 0 amide bonds. The molecule has 0 aliphatic rings. The van der Waals surface area contributed by atoms with Crippen LogP contribution < -0.4 is 0 Å². The summed E-state index contributed by atoms with van der Waals surface area (Å²) < 4.78 is 8.31. The van der Waals surface area contributed by atoms with E-state index in [1.54, 1.807) is 0 Å². The molecular formula is C18H21NO. The number of para-hydroxylation sites is 2. The van der Waals surface area contributed by atoms with Gasteiger partial charge in [-0.1, -0.05) is 49.7 Å². The highest BCUT2D eigenvalue weighted by atomic mass is 16.5. The normalized spacial score (nSPS) is 13.1. The maximum Gasteiger partial charge on any atom is 0.131 e. The second kappa shape index (κ2) is 5.68. The fraction of sp³-hybridized carbons (Fsp3) is 0.333. The van der Waals surface area contributed by atoms with Crippen molar-refractivity contribution >= 4 is 21.8 Å². The van der Waals surface area contributed by atoms with Crippen molar-refractivity contribution in [2.45, 2.75) is 32.9 Å². The van der Waals surface area contributed by atoms with Gasteiger partial charge in [0.05, 0.1) is 11.0 Å². The van der Waals surface area contributed by atoms with Crippen LogP contribution in [0.3, 0.4) is 0 Å². The highest BCUT2D eigenvalue weighted by Crippen LogP contribution is 2.31. The van der Waals surface area contributed by atoms with E-state index >= 15 is 0 Å². The number of ether oxygens (including phenoxy) is 1. The molecule has 0 radical (unpaired) electrons. The van der Waals surface area contributed by atoms with Gasteiger partial charge in [0.25, 0.3) is 0 Å². The lowest BCUT2D eigenvalue weighted by atomic mass is 10.2. The van der Waals surface area contributed by atoms with Crippen molar-refractivity contribution in [1.82, 2.24) is 4.57 Å². The second-order valence-electron chi connectivity index (χ2n) is 5.23. The molecule has 2 aromatic carbocycles. The second-order valence-corrected chi connectivity index (χ2v) is 5.23. The summed E-state index contributed by atoms with van der Waals surface area (Å²) in [7, 11) is 0. The van der Waals surface area contributed by atoms with Gasteiger partial charge < -0.3 is 9.30 Å². The Balaban J connectivity index is 2.11. The molecule has 3 rings (SSSR count). The number of hydrogen-bond donors (Lipinski definition) is 0. The number of nitrogens with zero attached hydrogens (tertiary/aromatic N) is 1. The van der Waals surface area contributed by atoms with Gasteiger partial charge in [-0.2, -0.15) is 0 Å². The number of rotatable bonds is 5. The third-order valence-electron chi connectivity index (χ3n) is 3.84. The van der Waals surface area contributed by atoms with Crippen LogP contribution in [0.4, 0.5) is 0 Å². The number of hydrogen-bond acceptors (Lipinski definition) is 1. The Morgan fingerprint density at radius 2 is 1.50 bits per heavy atom. The van der Waals surface area contributed by atoms with Gasteiger partial charge in [0, 0.05) is 17.4 Å². The topological polar surface area (TPSA) is 14.2 Å². The lowest BCUT2D eigenvalue weighted by molar-refractivity contribution is 0.0205. The third kappa shape index (κ3) is 2.20. The van der Waals surface area contributed by atoms with Crippen molar-refractivity contribution in [1.29, 1.82) is 0 Å². The van der Waals surface area contributed by atoms with E-state index in [9.17, 15) is 0 Å². The summed E-state index contributed by atoms with van der Waals surface area (Å²) in [5.74, 6) is 0. The molecule has 1 heterocycles. The minimum Gasteiger partial charge on any atom is -0.358 e. The average Bonchev–Trinajstić information content (AvgIpc) is 2.82. The van der Waals surface area contributed by atoms with Crippen molar-refractivity contribution in [3.8, 4) is 0 Å². The summed E-state index contributed by atoms with van der Waals surface area (Å²) in [4.78, 5) is 0. The molecule has 0 saturated heterocycles. The van der Waals surface area contributed by atoms with E-state index in [-0.39, 0.29) is 6.23 Å². The average molecular weight is 267 g/mol. The Morgan fingerprint density at radius 3 is 2.05 bits per heavy atom. The first-order chi connectivity index (χ1) is 9.83. The van der Waals surface area contributed by atoms with E-state index < -0.39 is 0 Å². The van der Waals surface area contributed by atoms with E-state index in [1.807, 2.05) is 0 Å². The zero-order valence-electron chi connectivity index (χ0n) is 12.2. The molecule has 0 spiro atoms. The van der Waals surface area contributed by atoms with Crippen LogP contribution in [0.2, 0.25) is 0 Å². The van der Waals surface area contributed by atoms with Crippen molar-refractivity contribution < 1.29 is 4.74 Å². The van der Waals surface area contributed by atoms with Crippen LogP contribution in [-0.4, -0.2) is 11.2 Å². The minimum absolute atomic E-state index is 0.0614. The van der Waals surface area contributed by atoms with Gasteiger partial charge in [-0.3, -0.25) is 0 Å². The summed E-state index contributed by atoms with van der Waals surface area (Å²) in [5.41, 5.74) is 2.50. The maximum absolute atomic E-state index is 6.01. The van der Waals surface area contributed by atoms with Crippen LogP contribution in [0, 0.1) is 0 Å². The van der Waals surface area contributed by atoms with Crippen molar-refractivity contribution in [3.05, 3.63) is 48.5 Å². The van der Waals surface area contributed by atoms with Crippen LogP contribution in [-0.2, 0) is 4.74 Å². The first-order valence-electron chi connectivity index (χ1n) is 7.42. The van der Waals surface area contributed by atoms with Gasteiger partial charge in [-0.25, -0.2) is 0 Å². The zero-order valence-corrected chi connectivity index (χ0v) is 12.2. The van der Waals surface area contributed by atoms with Gasteiger partial charge in [0.1, 0.15) is 6.23 Å². The lowest BCUT2D eigenvalue weighted by Gasteiger charge is -2.17. The fourth-order valence-corrected chi connectivity index (χ4v) is 2.82. The first-order valence-corrected chi connectivity index (χ1v) is 7.42. The number of aromatic nitrogens is 1.